The molecule has 0 fully saturated rings. The average molecular weight is 348 g/mol. The molecular weight excluding hydrogens is 333 g/mol. The third kappa shape index (κ3) is 3.01. The standard InChI is InChI=1S/C16H15F3N6/c17-16(18,19)12-4-6-20-13(23-12)5-7-21-15-14-10-2-1-3-11(10)24-25(14)9-8-22-15/h4,6,8-9H,1-3,5,7H2,(H,21,22). The molecule has 0 aromatic carbocycles. The summed E-state index contributed by atoms with van der Waals surface area (Å²) in [6, 6.07) is 0.870. The maximum Gasteiger partial charge on any atom is 0.433 e. The summed E-state index contributed by atoms with van der Waals surface area (Å²) in [6.07, 6.45) is 3.41. The summed E-state index contributed by atoms with van der Waals surface area (Å²) in [6.45, 7) is 0.383. The molecule has 0 bridgehead atoms. The molecule has 3 aromatic rings. The number of fused-ring (bicyclic) bond motifs is 3. The molecule has 1 aliphatic carbocycles. The van der Waals surface area contributed by atoms with Crippen molar-refractivity contribution < 1.29 is 13.2 Å². The number of aryl methyl sites for hydroxylation is 2. The minimum atomic E-state index is -4.46. The van der Waals surface area contributed by atoms with Crippen LogP contribution in [0.4, 0.5) is 19.0 Å². The van der Waals surface area contributed by atoms with Crippen LogP contribution in [0.5, 0.6) is 0 Å². The Morgan fingerprint density at radius 2 is 2.04 bits per heavy atom. The van der Waals surface area contributed by atoms with Gasteiger partial charge in [0.2, 0.25) is 0 Å². The van der Waals surface area contributed by atoms with E-state index in [1.807, 2.05) is 0 Å². The Hall–Kier alpha value is -2.71. The van der Waals surface area contributed by atoms with Gasteiger partial charge in [0.15, 0.2) is 5.82 Å². The number of halogens is 3. The predicted octanol–water partition coefficient (Wildman–Crippen LogP) is 2.68. The zero-order chi connectivity index (χ0) is 17.4. The molecule has 130 valence electrons. The normalized spacial score (nSPS) is 14.0. The smallest absolute Gasteiger partial charge is 0.368 e. The van der Waals surface area contributed by atoms with E-state index in [2.05, 4.69) is 25.4 Å². The van der Waals surface area contributed by atoms with Crippen molar-refractivity contribution in [3.05, 3.63) is 47.4 Å². The molecule has 6 nitrogen and oxygen atoms in total. The van der Waals surface area contributed by atoms with E-state index in [1.165, 1.54) is 5.56 Å². The molecule has 3 heterocycles. The second-order valence-corrected chi connectivity index (χ2v) is 5.88. The highest BCUT2D eigenvalue weighted by atomic mass is 19.4. The molecule has 4 rings (SSSR count). The van der Waals surface area contributed by atoms with Crippen molar-refractivity contribution in [3.63, 3.8) is 0 Å². The molecule has 9 heteroatoms. The van der Waals surface area contributed by atoms with Crippen LogP contribution in [-0.2, 0) is 25.4 Å². The van der Waals surface area contributed by atoms with Crippen molar-refractivity contribution in [1.29, 1.82) is 0 Å². The number of anilines is 1. The molecule has 0 amide bonds. The summed E-state index contributed by atoms with van der Waals surface area (Å²) in [5, 5.41) is 7.72. The van der Waals surface area contributed by atoms with Crippen molar-refractivity contribution >= 4 is 11.3 Å². The van der Waals surface area contributed by atoms with E-state index in [0.717, 1.165) is 42.7 Å². The van der Waals surface area contributed by atoms with Gasteiger partial charge in [-0.1, -0.05) is 0 Å². The molecule has 0 atom stereocenters. The number of nitrogens with one attached hydrogen (secondary N) is 1. The number of alkyl halides is 3. The van der Waals surface area contributed by atoms with Crippen LogP contribution in [0.15, 0.2) is 24.7 Å². The molecule has 0 unspecified atom stereocenters. The monoisotopic (exact) mass is 348 g/mol. The van der Waals surface area contributed by atoms with E-state index in [0.29, 0.717) is 12.4 Å². The number of nitrogens with zero attached hydrogens (tertiary/aromatic N) is 5. The second kappa shape index (κ2) is 5.98. The maximum atomic E-state index is 12.7. The van der Waals surface area contributed by atoms with Crippen molar-refractivity contribution in [2.75, 3.05) is 11.9 Å². The molecule has 3 aromatic heterocycles. The van der Waals surface area contributed by atoms with E-state index in [4.69, 9.17) is 0 Å². The van der Waals surface area contributed by atoms with Crippen LogP contribution in [0.3, 0.4) is 0 Å². The lowest BCUT2D eigenvalue weighted by atomic mass is 10.2. The summed E-state index contributed by atoms with van der Waals surface area (Å²) < 4.78 is 39.9. The van der Waals surface area contributed by atoms with Gasteiger partial charge in [0.25, 0.3) is 0 Å². The molecule has 0 radical (unpaired) electrons. The Kier molecular flexibility index (Phi) is 3.78. The van der Waals surface area contributed by atoms with Crippen LogP contribution in [0.25, 0.3) is 5.52 Å². The van der Waals surface area contributed by atoms with Crippen molar-refractivity contribution in [2.45, 2.75) is 31.9 Å². The summed E-state index contributed by atoms with van der Waals surface area (Å²) in [5.41, 5.74) is 2.31. The first-order chi connectivity index (χ1) is 12.0. The number of rotatable bonds is 4. The van der Waals surface area contributed by atoms with E-state index < -0.39 is 11.9 Å². The number of aromatic nitrogens is 5. The minimum absolute atomic E-state index is 0.146. The van der Waals surface area contributed by atoms with Crippen LogP contribution in [0, 0.1) is 0 Å². The lowest BCUT2D eigenvalue weighted by molar-refractivity contribution is -0.141. The third-order valence-electron chi connectivity index (χ3n) is 4.20. The highest BCUT2D eigenvalue weighted by molar-refractivity contribution is 5.73. The third-order valence-corrected chi connectivity index (χ3v) is 4.20. The van der Waals surface area contributed by atoms with Gasteiger partial charge in [-0.2, -0.15) is 18.3 Å². The number of hydrogen-bond donors (Lipinski definition) is 1. The Bertz CT molecular complexity index is 918. The van der Waals surface area contributed by atoms with E-state index in [1.54, 1.807) is 16.9 Å². The van der Waals surface area contributed by atoms with Crippen molar-refractivity contribution in [2.24, 2.45) is 0 Å². The number of hydrogen-bond acceptors (Lipinski definition) is 5. The summed E-state index contributed by atoms with van der Waals surface area (Å²) in [4.78, 5) is 11.8. The SMILES string of the molecule is FC(F)(F)c1ccnc(CCNc2nccn3nc4c(c23)CCC4)n1. The van der Waals surface area contributed by atoms with Gasteiger partial charge in [-0.3, -0.25) is 0 Å². The first-order valence-electron chi connectivity index (χ1n) is 8.00. The van der Waals surface area contributed by atoms with Crippen LogP contribution in [0.1, 0.15) is 29.2 Å². The van der Waals surface area contributed by atoms with Gasteiger partial charge in [-0.15, -0.1) is 0 Å². The molecule has 0 spiro atoms. The lowest BCUT2D eigenvalue weighted by Gasteiger charge is -2.09. The van der Waals surface area contributed by atoms with Crippen molar-refractivity contribution in [3.8, 4) is 0 Å². The highest BCUT2D eigenvalue weighted by Gasteiger charge is 2.32. The fourth-order valence-electron chi connectivity index (χ4n) is 3.10. The first-order valence-corrected chi connectivity index (χ1v) is 8.00. The molecule has 0 aliphatic heterocycles. The molecule has 1 N–H and O–H groups in total. The van der Waals surface area contributed by atoms with Gasteiger partial charge in [0, 0.05) is 37.1 Å². The van der Waals surface area contributed by atoms with Gasteiger partial charge in [0.1, 0.15) is 17.0 Å². The maximum absolute atomic E-state index is 12.7. The molecule has 25 heavy (non-hydrogen) atoms. The van der Waals surface area contributed by atoms with E-state index in [9.17, 15) is 13.2 Å². The lowest BCUT2D eigenvalue weighted by Crippen LogP contribution is -2.13. The zero-order valence-corrected chi connectivity index (χ0v) is 13.2. The highest BCUT2D eigenvalue weighted by Crippen LogP contribution is 2.29. The van der Waals surface area contributed by atoms with Gasteiger partial charge < -0.3 is 5.32 Å². The fraction of sp³-hybridized carbons (Fsp3) is 0.375. The quantitative estimate of drug-likeness (QED) is 0.785. The second-order valence-electron chi connectivity index (χ2n) is 5.88. The first kappa shape index (κ1) is 15.8. The summed E-state index contributed by atoms with van der Waals surface area (Å²) in [7, 11) is 0. The van der Waals surface area contributed by atoms with Gasteiger partial charge in [-0.05, 0) is 25.3 Å². The summed E-state index contributed by atoms with van der Waals surface area (Å²) >= 11 is 0. The largest absolute Gasteiger partial charge is 0.433 e. The molecule has 1 aliphatic rings. The minimum Gasteiger partial charge on any atom is -0.368 e. The van der Waals surface area contributed by atoms with Gasteiger partial charge in [-0.25, -0.2) is 19.5 Å². The van der Waals surface area contributed by atoms with Crippen LogP contribution < -0.4 is 5.32 Å². The van der Waals surface area contributed by atoms with Gasteiger partial charge in [0.05, 0.1) is 5.69 Å². The topological polar surface area (TPSA) is 68.0 Å². The Morgan fingerprint density at radius 3 is 2.88 bits per heavy atom. The Labute approximate surface area is 141 Å². The van der Waals surface area contributed by atoms with Crippen molar-refractivity contribution in [1.82, 2.24) is 24.6 Å². The molecule has 0 saturated carbocycles. The Balaban J connectivity index is 1.50. The predicted molar refractivity (Wildman–Crippen MR) is 84.2 cm³/mol. The van der Waals surface area contributed by atoms with Crippen LogP contribution in [-0.4, -0.2) is 31.1 Å². The van der Waals surface area contributed by atoms with Gasteiger partial charge >= 0.3 is 6.18 Å². The fourth-order valence-corrected chi connectivity index (χ4v) is 3.10. The zero-order valence-electron chi connectivity index (χ0n) is 13.2. The van der Waals surface area contributed by atoms with E-state index >= 15 is 0 Å². The van der Waals surface area contributed by atoms with Crippen LogP contribution in [0.2, 0.25) is 0 Å². The Morgan fingerprint density at radius 1 is 1.16 bits per heavy atom. The molecular formula is C16H15F3N6. The van der Waals surface area contributed by atoms with Crippen LogP contribution >= 0.6 is 0 Å². The van der Waals surface area contributed by atoms with E-state index in [-0.39, 0.29) is 12.2 Å². The average Bonchev–Trinajstić information content (AvgIpc) is 3.15. The molecule has 0 saturated heterocycles. The summed E-state index contributed by atoms with van der Waals surface area (Å²) in [5.74, 6) is 0.832.